The van der Waals surface area contributed by atoms with Crippen molar-refractivity contribution in [3.8, 4) is 0 Å². The summed E-state index contributed by atoms with van der Waals surface area (Å²) in [6.07, 6.45) is 0. The van der Waals surface area contributed by atoms with E-state index in [1.807, 2.05) is 0 Å². The molecular formula is C30H32N4O8. The highest BCUT2D eigenvalue weighted by Gasteiger charge is 2.43. The molecule has 2 aromatic carbocycles. The van der Waals surface area contributed by atoms with Crippen LogP contribution in [0.15, 0.2) is 48.5 Å². The molecule has 3 aliphatic rings. The molecule has 2 aromatic rings. The summed E-state index contributed by atoms with van der Waals surface area (Å²) in [5.74, 6) is -2.81. The third-order valence-corrected chi connectivity index (χ3v) is 7.79. The van der Waals surface area contributed by atoms with Crippen molar-refractivity contribution in [1.82, 2.24) is 19.6 Å². The van der Waals surface area contributed by atoms with E-state index in [0.717, 1.165) is 9.80 Å². The third-order valence-electron chi connectivity index (χ3n) is 7.79. The number of carbonyl (C=O) groups excluding carboxylic acids is 6. The molecule has 0 unspecified atom stereocenters. The lowest BCUT2D eigenvalue weighted by atomic mass is 10.1. The summed E-state index contributed by atoms with van der Waals surface area (Å²) in [6.45, 7) is 4.41. The molecule has 0 spiro atoms. The molecule has 0 N–H and O–H groups in total. The van der Waals surface area contributed by atoms with Crippen LogP contribution in [0.2, 0.25) is 0 Å². The maximum atomic E-state index is 13.4. The number of ether oxygens (including phenoxy) is 2. The van der Waals surface area contributed by atoms with Gasteiger partial charge in [-0.3, -0.25) is 38.6 Å². The summed E-state index contributed by atoms with van der Waals surface area (Å²) in [4.78, 5) is 83.2. The number of amides is 6. The number of hydrogen-bond acceptors (Lipinski definition) is 8. The minimum Gasteiger partial charge on any atom is -0.378 e. The van der Waals surface area contributed by atoms with Gasteiger partial charge in [0.25, 0.3) is 23.6 Å². The summed E-state index contributed by atoms with van der Waals surface area (Å²) >= 11 is 0. The van der Waals surface area contributed by atoms with Gasteiger partial charge in [0.15, 0.2) is 0 Å². The van der Waals surface area contributed by atoms with E-state index in [1.165, 1.54) is 23.6 Å². The second-order valence-corrected chi connectivity index (χ2v) is 10.3. The third kappa shape index (κ3) is 5.30. The van der Waals surface area contributed by atoms with E-state index in [0.29, 0.717) is 0 Å². The zero-order valence-electron chi connectivity index (χ0n) is 23.5. The van der Waals surface area contributed by atoms with Gasteiger partial charge in [-0.15, -0.1) is 0 Å². The largest absolute Gasteiger partial charge is 0.378 e. The lowest BCUT2D eigenvalue weighted by Gasteiger charge is -2.31. The number of hydrogen-bond donors (Lipinski definition) is 0. The van der Waals surface area contributed by atoms with Crippen LogP contribution in [0.25, 0.3) is 0 Å². The van der Waals surface area contributed by atoms with Gasteiger partial charge in [0, 0.05) is 26.2 Å². The quantitative estimate of drug-likeness (QED) is 0.494. The van der Waals surface area contributed by atoms with Crippen LogP contribution in [0.4, 0.5) is 0 Å². The molecule has 42 heavy (non-hydrogen) atoms. The van der Waals surface area contributed by atoms with Crippen LogP contribution in [-0.2, 0) is 19.1 Å². The predicted molar refractivity (Wildman–Crippen MR) is 148 cm³/mol. The molecule has 5 rings (SSSR count). The first kappa shape index (κ1) is 29.1. The van der Waals surface area contributed by atoms with Gasteiger partial charge in [-0.2, -0.15) is 0 Å². The van der Waals surface area contributed by atoms with Gasteiger partial charge in [-0.25, -0.2) is 0 Å². The molecule has 12 nitrogen and oxygen atoms in total. The first-order valence-corrected chi connectivity index (χ1v) is 13.9. The highest BCUT2D eigenvalue weighted by Crippen LogP contribution is 2.26. The van der Waals surface area contributed by atoms with Crippen LogP contribution in [0.1, 0.15) is 55.3 Å². The van der Waals surface area contributed by atoms with Crippen molar-refractivity contribution in [2.24, 2.45) is 0 Å². The van der Waals surface area contributed by atoms with E-state index >= 15 is 0 Å². The van der Waals surface area contributed by atoms with E-state index < -0.39 is 47.5 Å². The average molecular weight is 577 g/mol. The summed E-state index contributed by atoms with van der Waals surface area (Å²) < 4.78 is 11.5. The van der Waals surface area contributed by atoms with E-state index in [1.54, 1.807) is 48.5 Å². The molecule has 3 heterocycles. The Labute approximate surface area is 242 Å². The normalized spacial score (nSPS) is 19.7. The molecule has 0 aromatic heterocycles. The number of carbonyl (C=O) groups is 6. The first-order chi connectivity index (χ1) is 20.2. The Hall–Kier alpha value is -4.42. The fourth-order valence-corrected chi connectivity index (χ4v) is 5.44. The van der Waals surface area contributed by atoms with Crippen LogP contribution < -0.4 is 0 Å². The Balaban J connectivity index is 1.17. The number of rotatable bonds is 4. The Morgan fingerprint density at radius 3 is 1.07 bits per heavy atom. The molecule has 1 saturated heterocycles. The average Bonchev–Trinajstić information content (AvgIpc) is 3.40. The van der Waals surface area contributed by atoms with Gasteiger partial charge in [0.05, 0.1) is 48.7 Å². The van der Waals surface area contributed by atoms with Crippen molar-refractivity contribution in [3.63, 3.8) is 0 Å². The SMILES string of the molecule is C[C@H](C(=O)N1CCOCCN(C(=O)[C@@H](C)N2C(=O)c3ccccc3C2=O)CCOCC1)N1C(=O)c2ccccc2C1=O. The predicted octanol–water partition coefficient (Wildman–Crippen LogP) is 1.06. The van der Waals surface area contributed by atoms with Crippen LogP contribution in [0, 0.1) is 0 Å². The number of benzene rings is 2. The van der Waals surface area contributed by atoms with Crippen molar-refractivity contribution in [2.45, 2.75) is 25.9 Å². The maximum Gasteiger partial charge on any atom is 0.262 e. The Morgan fingerprint density at radius 1 is 0.548 bits per heavy atom. The maximum absolute atomic E-state index is 13.4. The van der Waals surface area contributed by atoms with Gasteiger partial charge in [0.1, 0.15) is 12.1 Å². The Bertz CT molecular complexity index is 1250. The molecule has 220 valence electrons. The van der Waals surface area contributed by atoms with Gasteiger partial charge >= 0.3 is 0 Å². The van der Waals surface area contributed by atoms with Crippen molar-refractivity contribution in [2.75, 3.05) is 52.6 Å². The first-order valence-electron chi connectivity index (χ1n) is 13.9. The molecule has 0 radical (unpaired) electrons. The molecule has 0 bridgehead atoms. The van der Waals surface area contributed by atoms with Crippen LogP contribution >= 0.6 is 0 Å². The fraction of sp³-hybridized carbons (Fsp3) is 0.400. The zero-order valence-corrected chi connectivity index (χ0v) is 23.5. The second-order valence-electron chi connectivity index (χ2n) is 10.3. The topological polar surface area (TPSA) is 134 Å². The smallest absolute Gasteiger partial charge is 0.262 e. The molecule has 0 aliphatic carbocycles. The van der Waals surface area contributed by atoms with Gasteiger partial charge in [0.2, 0.25) is 11.8 Å². The van der Waals surface area contributed by atoms with Crippen molar-refractivity contribution in [3.05, 3.63) is 70.8 Å². The minimum absolute atomic E-state index is 0.149. The van der Waals surface area contributed by atoms with E-state index in [4.69, 9.17) is 9.47 Å². The minimum atomic E-state index is -1.01. The van der Waals surface area contributed by atoms with Gasteiger partial charge < -0.3 is 19.3 Å². The van der Waals surface area contributed by atoms with E-state index in [2.05, 4.69) is 0 Å². The van der Waals surface area contributed by atoms with E-state index in [9.17, 15) is 28.8 Å². The summed E-state index contributed by atoms with van der Waals surface area (Å²) in [7, 11) is 0. The highest BCUT2D eigenvalue weighted by atomic mass is 16.5. The number of imide groups is 2. The molecule has 0 saturated carbocycles. The standard InChI is InChI=1S/C30H32N4O8/c1-19(33-27(37)21-7-3-4-8-22(21)28(33)38)25(35)31-11-15-41-17-13-32(14-18-42-16-12-31)26(36)20(2)34-29(39)23-9-5-6-10-24(23)30(34)40/h3-10,19-20H,11-18H2,1-2H3/t19-,20-/m1/s1. The number of nitrogens with zero attached hydrogens (tertiary/aromatic N) is 4. The van der Waals surface area contributed by atoms with Crippen LogP contribution in [-0.4, -0.2) is 120 Å². The Morgan fingerprint density at radius 2 is 0.810 bits per heavy atom. The van der Waals surface area contributed by atoms with Gasteiger partial charge in [-0.1, -0.05) is 24.3 Å². The zero-order chi connectivity index (χ0) is 30.0. The van der Waals surface area contributed by atoms with Gasteiger partial charge in [-0.05, 0) is 38.1 Å². The fourth-order valence-electron chi connectivity index (χ4n) is 5.44. The molecule has 2 atom stereocenters. The van der Waals surface area contributed by atoms with Crippen molar-refractivity contribution in [1.29, 1.82) is 0 Å². The van der Waals surface area contributed by atoms with Crippen LogP contribution in [0.3, 0.4) is 0 Å². The summed E-state index contributed by atoms with van der Waals surface area (Å²) in [5, 5.41) is 0. The molecule has 1 fully saturated rings. The van der Waals surface area contributed by atoms with Crippen molar-refractivity contribution < 1.29 is 38.2 Å². The summed E-state index contributed by atoms with van der Waals surface area (Å²) in [6, 6.07) is 10.9. The monoisotopic (exact) mass is 576 g/mol. The molecule has 12 heteroatoms. The number of fused-ring (bicyclic) bond motifs is 2. The van der Waals surface area contributed by atoms with Crippen molar-refractivity contribution >= 4 is 35.4 Å². The Kier molecular flexibility index (Phi) is 8.46. The molecule has 3 aliphatic heterocycles. The summed E-state index contributed by atoms with van der Waals surface area (Å²) in [5.41, 5.74) is 1.11. The lowest BCUT2D eigenvalue weighted by molar-refractivity contribution is -0.138. The van der Waals surface area contributed by atoms with E-state index in [-0.39, 0.29) is 74.9 Å². The molecular weight excluding hydrogens is 544 g/mol. The highest BCUT2D eigenvalue weighted by molar-refractivity contribution is 6.23. The lowest BCUT2D eigenvalue weighted by Crippen LogP contribution is -2.52. The second kappa shape index (κ2) is 12.2. The van der Waals surface area contributed by atoms with Crippen LogP contribution in [0.5, 0.6) is 0 Å². The molecule has 6 amide bonds.